The van der Waals surface area contributed by atoms with E-state index in [-0.39, 0.29) is 17.3 Å². The lowest BCUT2D eigenvalue weighted by molar-refractivity contribution is 0.0850. The second-order valence-corrected chi connectivity index (χ2v) is 11.5. The maximum absolute atomic E-state index is 11.7. The minimum atomic E-state index is -0.658. The average molecular weight is 536 g/mol. The van der Waals surface area contributed by atoms with Crippen molar-refractivity contribution in [1.82, 2.24) is 29.7 Å². The number of fused-ring (bicyclic) bond motifs is 1. The first-order chi connectivity index (χ1) is 18.5. The molecule has 3 fully saturated rings. The van der Waals surface area contributed by atoms with Gasteiger partial charge in [-0.2, -0.15) is 4.98 Å². The molecule has 0 unspecified atom stereocenters. The average Bonchev–Trinajstić information content (AvgIpc) is 3.38. The van der Waals surface area contributed by atoms with Gasteiger partial charge >= 0.3 is 5.76 Å². The Hall–Kier alpha value is -3.24. The van der Waals surface area contributed by atoms with Crippen LogP contribution in [0.1, 0.15) is 45.4 Å². The first-order valence-corrected chi connectivity index (χ1v) is 13.8. The molecule has 3 aromatic heterocycles. The number of rotatable bonds is 5. The molecule has 1 spiro atoms. The van der Waals surface area contributed by atoms with Crippen LogP contribution in [0.25, 0.3) is 34.1 Å². The monoisotopic (exact) mass is 535 g/mol. The van der Waals surface area contributed by atoms with E-state index in [2.05, 4.69) is 26.6 Å². The zero-order valence-corrected chi connectivity index (χ0v) is 22.1. The molecule has 2 saturated carbocycles. The largest absolute Gasteiger partial charge is 0.434 e. The molecule has 198 valence electrons. The van der Waals surface area contributed by atoms with E-state index in [0.717, 1.165) is 48.9 Å². The van der Waals surface area contributed by atoms with Gasteiger partial charge in [0, 0.05) is 23.7 Å². The fourth-order valence-electron chi connectivity index (χ4n) is 6.04. The van der Waals surface area contributed by atoms with Gasteiger partial charge in [0.1, 0.15) is 11.2 Å². The molecule has 1 aliphatic heterocycles. The van der Waals surface area contributed by atoms with Crippen LogP contribution in [0.5, 0.6) is 0 Å². The van der Waals surface area contributed by atoms with Crippen molar-refractivity contribution < 1.29 is 9.15 Å². The first kappa shape index (κ1) is 23.8. The second kappa shape index (κ2) is 9.20. The molecule has 38 heavy (non-hydrogen) atoms. The molecule has 0 bridgehead atoms. The smallest absolute Gasteiger partial charge is 0.384 e. The molecular formula is C27H30ClN7O3. The van der Waals surface area contributed by atoms with E-state index in [1.165, 1.54) is 25.7 Å². The number of morpholine rings is 1. The van der Waals surface area contributed by atoms with E-state index in [1.807, 2.05) is 24.3 Å². The van der Waals surface area contributed by atoms with Crippen molar-refractivity contribution in [3.05, 3.63) is 39.8 Å². The summed E-state index contributed by atoms with van der Waals surface area (Å²) in [6.07, 6.45) is 7.06. The maximum Gasteiger partial charge on any atom is 0.434 e. The molecule has 0 atom stereocenters. The molecule has 10 nitrogen and oxygen atoms in total. The minimum absolute atomic E-state index is 0.0000812. The van der Waals surface area contributed by atoms with Gasteiger partial charge in [0.15, 0.2) is 5.65 Å². The molecule has 7 rings (SSSR count). The Balaban J connectivity index is 1.45. The predicted molar refractivity (Wildman–Crippen MR) is 143 cm³/mol. The van der Waals surface area contributed by atoms with Crippen molar-refractivity contribution in [3.63, 3.8) is 0 Å². The standard InChI is InChI=1S/C27H30ClN7O3/c1-16-5-7-17(8-6-16)14-34-21-20(18-3-2-4-19(28)13-18)29-23(24-32-33-26(36)38-24)30-22(21)31-25(34)35-11-12-37-15-27(35)9-10-27/h2-4,13,16-17H,5-12,14-15H2,1H3,(H,33,36). The fraction of sp³-hybridized carbons (Fsp3) is 0.519. The molecule has 3 aliphatic rings. The zero-order chi connectivity index (χ0) is 25.9. The van der Waals surface area contributed by atoms with E-state index >= 15 is 0 Å². The molecule has 4 aromatic rings. The van der Waals surface area contributed by atoms with Gasteiger partial charge < -0.3 is 18.6 Å². The summed E-state index contributed by atoms with van der Waals surface area (Å²) >= 11 is 6.42. The minimum Gasteiger partial charge on any atom is -0.384 e. The van der Waals surface area contributed by atoms with Crippen LogP contribution in [0.15, 0.2) is 33.5 Å². The summed E-state index contributed by atoms with van der Waals surface area (Å²) in [7, 11) is 0. The number of aromatic nitrogens is 6. The van der Waals surface area contributed by atoms with Crippen LogP contribution in [0.4, 0.5) is 5.95 Å². The van der Waals surface area contributed by atoms with Gasteiger partial charge in [-0.1, -0.05) is 43.5 Å². The molecule has 4 heterocycles. The van der Waals surface area contributed by atoms with Gasteiger partial charge in [0.2, 0.25) is 11.8 Å². The van der Waals surface area contributed by atoms with Gasteiger partial charge in [0.25, 0.3) is 5.89 Å². The van der Waals surface area contributed by atoms with E-state index in [0.29, 0.717) is 35.5 Å². The van der Waals surface area contributed by atoms with Gasteiger partial charge in [-0.05, 0) is 49.7 Å². The Bertz CT molecular complexity index is 1550. The molecule has 0 amide bonds. The van der Waals surface area contributed by atoms with E-state index < -0.39 is 5.76 Å². The molecule has 1 N–H and O–H groups in total. The van der Waals surface area contributed by atoms with Crippen LogP contribution < -0.4 is 10.7 Å². The van der Waals surface area contributed by atoms with Gasteiger partial charge in [-0.25, -0.2) is 19.9 Å². The molecular weight excluding hydrogens is 506 g/mol. The van der Waals surface area contributed by atoms with Crippen LogP contribution in [0.2, 0.25) is 5.02 Å². The highest BCUT2D eigenvalue weighted by Gasteiger charge is 2.51. The number of aromatic amines is 1. The number of imidazole rings is 1. The SMILES string of the molecule is CC1CCC(Cn2c(N3CCOCC34CC4)nc3nc(-c4n[nH]c(=O)o4)nc(-c4cccc(Cl)c4)c32)CC1. The van der Waals surface area contributed by atoms with Crippen LogP contribution in [0.3, 0.4) is 0 Å². The lowest BCUT2D eigenvalue weighted by Gasteiger charge is -2.37. The maximum atomic E-state index is 11.7. The highest BCUT2D eigenvalue weighted by molar-refractivity contribution is 6.30. The molecule has 1 aromatic carbocycles. The van der Waals surface area contributed by atoms with E-state index in [4.69, 9.17) is 35.7 Å². The molecule has 11 heteroatoms. The second-order valence-electron chi connectivity index (χ2n) is 11.1. The quantitative estimate of drug-likeness (QED) is 0.391. The summed E-state index contributed by atoms with van der Waals surface area (Å²) in [5.41, 5.74) is 2.96. The number of hydrogen-bond acceptors (Lipinski definition) is 8. The third-order valence-corrected chi connectivity index (χ3v) is 8.59. The third-order valence-electron chi connectivity index (χ3n) is 8.36. The fourth-order valence-corrected chi connectivity index (χ4v) is 6.23. The summed E-state index contributed by atoms with van der Waals surface area (Å²) in [5, 5.41) is 6.90. The molecule has 1 saturated heterocycles. The summed E-state index contributed by atoms with van der Waals surface area (Å²) < 4.78 is 13.4. The van der Waals surface area contributed by atoms with Crippen LogP contribution >= 0.6 is 11.6 Å². The number of nitrogens with zero attached hydrogens (tertiary/aromatic N) is 6. The Labute approximate surface area is 224 Å². The number of H-pyrrole nitrogens is 1. The molecule has 2 aliphatic carbocycles. The summed E-state index contributed by atoms with van der Waals surface area (Å²) in [4.78, 5) is 28.9. The Kier molecular flexibility index (Phi) is 5.77. The predicted octanol–water partition coefficient (Wildman–Crippen LogP) is 4.69. The number of halogens is 1. The lowest BCUT2D eigenvalue weighted by atomic mass is 9.83. The van der Waals surface area contributed by atoms with Crippen LogP contribution in [-0.2, 0) is 11.3 Å². The number of benzene rings is 1. The van der Waals surface area contributed by atoms with Crippen molar-refractivity contribution in [1.29, 1.82) is 0 Å². The topological polar surface area (TPSA) is 115 Å². The van der Waals surface area contributed by atoms with Crippen molar-refractivity contribution in [2.75, 3.05) is 24.7 Å². The van der Waals surface area contributed by atoms with Crippen molar-refractivity contribution in [2.24, 2.45) is 11.8 Å². The van der Waals surface area contributed by atoms with E-state index in [1.54, 1.807) is 0 Å². The highest BCUT2D eigenvalue weighted by atomic mass is 35.5. The van der Waals surface area contributed by atoms with Crippen LogP contribution in [0, 0.1) is 11.8 Å². The molecule has 0 radical (unpaired) electrons. The number of nitrogens with one attached hydrogen (secondary N) is 1. The van der Waals surface area contributed by atoms with Gasteiger partial charge in [-0.3, -0.25) is 0 Å². The van der Waals surface area contributed by atoms with Crippen molar-refractivity contribution >= 4 is 28.7 Å². The van der Waals surface area contributed by atoms with Crippen molar-refractivity contribution in [3.8, 4) is 23.0 Å². The van der Waals surface area contributed by atoms with Crippen molar-refractivity contribution in [2.45, 2.75) is 57.5 Å². The Morgan fingerprint density at radius 2 is 2.00 bits per heavy atom. The number of hydrogen-bond donors (Lipinski definition) is 1. The number of ether oxygens (including phenoxy) is 1. The third kappa shape index (κ3) is 4.19. The summed E-state index contributed by atoms with van der Waals surface area (Å²) in [5.74, 6) is 1.82. The summed E-state index contributed by atoms with van der Waals surface area (Å²) in [6, 6.07) is 7.62. The Morgan fingerprint density at radius 1 is 1.16 bits per heavy atom. The zero-order valence-electron chi connectivity index (χ0n) is 21.3. The summed E-state index contributed by atoms with van der Waals surface area (Å²) in [6.45, 7) is 5.36. The van der Waals surface area contributed by atoms with Gasteiger partial charge in [0.05, 0.1) is 18.8 Å². The normalized spacial score (nSPS) is 22.8. The lowest BCUT2D eigenvalue weighted by Crippen LogP contribution is -2.49. The highest BCUT2D eigenvalue weighted by Crippen LogP contribution is 2.47. The number of anilines is 1. The Morgan fingerprint density at radius 3 is 2.74 bits per heavy atom. The van der Waals surface area contributed by atoms with Gasteiger partial charge in [-0.15, -0.1) is 5.10 Å². The van der Waals surface area contributed by atoms with Crippen LogP contribution in [-0.4, -0.2) is 55.0 Å². The van der Waals surface area contributed by atoms with E-state index in [9.17, 15) is 4.79 Å². The first-order valence-electron chi connectivity index (χ1n) is 13.4.